The molecule has 1 heterocycles. The second kappa shape index (κ2) is 9.79. The highest BCUT2D eigenvalue weighted by Gasteiger charge is 2.20. The Kier molecular flexibility index (Phi) is 7.43. The van der Waals surface area contributed by atoms with Gasteiger partial charge in [0.25, 0.3) is 0 Å². The minimum Gasteiger partial charge on any atom is -0.481 e. The Morgan fingerprint density at radius 2 is 1.88 bits per heavy atom. The van der Waals surface area contributed by atoms with Gasteiger partial charge in [-0.3, -0.25) is 4.79 Å². The van der Waals surface area contributed by atoms with Gasteiger partial charge in [0.2, 0.25) is 6.79 Å². The maximum absolute atomic E-state index is 11.6. The first-order valence-electron chi connectivity index (χ1n) is 7.57. The molecule has 0 bridgehead atoms. The number of alkyl carbamates (subject to hydrolysis) is 1. The summed E-state index contributed by atoms with van der Waals surface area (Å²) in [5, 5.41) is 14.0. The summed E-state index contributed by atoms with van der Waals surface area (Å²) in [6.07, 6.45) is -0.634. The highest BCUT2D eigenvalue weighted by atomic mass is 35.5. The number of hydrogen-bond acceptors (Lipinski definition) is 6. The molecular formula is C17H16ClNO6S. The zero-order valence-corrected chi connectivity index (χ0v) is 15.1. The third-order valence-corrected chi connectivity index (χ3v) is 4.48. The van der Waals surface area contributed by atoms with Crippen LogP contribution >= 0.6 is 22.9 Å². The maximum Gasteiger partial charge on any atom is 0.410 e. The quantitative estimate of drug-likeness (QED) is 0.522. The Hall–Kier alpha value is -2.58. The fourth-order valence-corrected chi connectivity index (χ4v) is 2.84. The number of amides is 1. The van der Waals surface area contributed by atoms with Gasteiger partial charge in [0.15, 0.2) is 0 Å². The SMILES string of the molecule is O=C(NCCC(C(=O)O)c1ccc(Cl)cc1)OCOC(=O)c1cccs1. The Morgan fingerprint density at radius 1 is 1.15 bits per heavy atom. The molecule has 0 aliphatic carbocycles. The zero-order valence-electron chi connectivity index (χ0n) is 13.5. The van der Waals surface area contributed by atoms with Crippen LogP contribution in [0.25, 0.3) is 0 Å². The molecule has 9 heteroatoms. The lowest BCUT2D eigenvalue weighted by molar-refractivity contribution is -0.139. The molecule has 0 fully saturated rings. The Morgan fingerprint density at radius 3 is 2.50 bits per heavy atom. The van der Waals surface area contributed by atoms with Gasteiger partial charge < -0.3 is 19.9 Å². The molecule has 2 aromatic rings. The Labute approximate surface area is 158 Å². The van der Waals surface area contributed by atoms with Crippen molar-refractivity contribution in [2.45, 2.75) is 12.3 Å². The number of nitrogens with one attached hydrogen (secondary N) is 1. The van der Waals surface area contributed by atoms with Crippen LogP contribution in [0.5, 0.6) is 0 Å². The Bertz CT molecular complexity index is 747. The van der Waals surface area contributed by atoms with Crippen LogP contribution in [0.1, 0.15) is 27.6 Å². The van der Waals surface area contributed by atoms with E-state index in [0.717, 1.165) is 0 Å². The van der Waals surface area contributed by atoms with E-state index in [-0.39, 0.29) is 13.0 Å². The highest BCUT2D eigenvalue weighted by molar-refractivity contribution is 7.11. The number of aliphatic carboxylic acids is 1. The van der Waals surface area contributed by atoms with E-state index < -0.39 is 30.7 Å². The number of halogens is 1. The summed E-state index contributed by atoms with van der Waals surface area (Å²) in [5.41, 5.74) is 0.585. The second-order valence-corrected chi connectivity index (χ2v) is 6.50. The molecule has 0 radical (unpaired) electrons. The second-order valence-electron chi connectivity index (χ2n) is 5.12. The third kappa shape index (κ3) is 6.05. The lowest BCUT2D eigenvalue weighted by Gasteiger charge is -2.13. The van der Waals surface area contributed by atoms with Gasteiger partial charge in [-0.2, -0.15) is 0 Å². The van der Waals surface area contributed by atoms with E-state index in [1.165, 1.54) is 11.3 Å². The van der Waals surface area contributed by atoms with Crippen molar-refractivity contribution in [2.24, 2.45) is 0 Å². The average molecular weight is 398 g/mol. The van der Waals surface area contributed by atoms with E-state index in [9.17, 15) is 19.5 Å². The Balaban J connectivity index is 1.71. The molecule has 1 aromatic heterocycles. The number of ether oxygens (including phenoxy) is 2. The fraction of sp³-hybridized carbons (Fsp3) is 0.235. The number of carboxylic acid groups (broad SMARTS) is 1. The molecule has 1 aromatic carbocycles. The van der Waals surface area contributed by atoms with Crippen molar-refractivity contribution in [2.75, 3.05) is 13.3 Å². The van der Waals surface area contributed by atoms with Crippen molar-refractivity contribution in [1.82, 2.24) is 5.32 Å². The van der Waals surface area contributed by atoms with Crippen molar-refractivity contribution in [3.05, 3.63) is 57.2 Å². The monoisotopic (exact) mass is 397 g/mol. The van der Waals surface area contributed by atoms with Crippen LogP contribution in [-0.2, 0) is 14.3 Å². The highest BCUT2D eigenvalue weighted by Crippen LogP contribution is 2.21. The topological polar surface area (TPSA) is 102 Å². The van der Waals surface area contributed by atoms with Crippen LogP contribution in [0.2, 0.25) is 5.02 Å². The molecule has 138 valence electrons. The van der Waals surface area contributed by atoms with Crippen molar-refractivity contribution in [1.29, 1.82) is 0 Å². The maximum atomic E-state index is 11.6. The van der Waals surface area contributed by atoms with Crippen LogP contribution in [0, 0.1) is 0 Å². The molecule has 1 unspecified atom stereocenters. The first kappa shape index (κ1) is 19.7. The number of rotatable bonds is 8. The molecule has 0 aliphatic rings. The van der Waals surface area contributed by atoms with Crippen molar-refractivity contribution in [3.8, 4) is 0 Å². The molecular weight excluding hydrogens is 382 g/mol. The van der Waals surface area contributed by atoms with E-state index >= 15 is 0 Å². The van der Waals surface area contributed by atoms with Crippen molar-refractivity contribution < 1.29 is 29.0 Å². The number of carboxylic acids is 1. The summed E-state index contributed by atoms with van der Waals surface area (Å²) in [6, 6.07) is 9.77. The number of hydrogen-bond donors (Lipinski definition) is 2. The van der Waals surface area contributed by atoms with Crippen molar-refractivity contribution in [3.63, 3.8) is 0 Å². The molecule has 2 N–H and O–H groups in total. The number of thiophene rings is 1. The molecule has 2 rings (SSSR count). The summed E-state index contributed by atoms with van der Waals surface area (Å²) >= 11 is 7.00. The third-order valence-electron chi connectivity index (χ3n) is 3.38. The number of esters is 1. The van der Waals surface area contributed by atoms with Crippen LogP contribution in [0.4, 0.5) is 4.79 Å². The molecule has 0 saturated carbocycles. The molecule has 7 nitrogen and oxygen atoms in total. The predicted molar refractivity (Wildman–Crippen MR) is 95.5 cm³/mol. The largest absolute Gasteiger partial charge is 0.481 e. The normalized spacial score (nSPS) is 11.4. The minimum absolute atomic E-state index is 0.0807. The number of benzene rings is 1. The first-order chi connectivity index (χ1) is 12.5. The standard InChI is InChI=1S/C17H16ClNO6S/c18-12-5-3-11(4-6-12)13(15(20)21)7-8-19-17(23)25-10-24-16(22)14-2-1-9-26-14/h1-6,9,13H,7-8,10H2,(H,19,23)(H,20,21). The van der Waals surface area contributed by atoms with Gasteiger partial charge >= 0.3 is 18.0 Å². The first-order valence-corrected chi connectivity index (χ1v) is 8.82. The average Bonchev–Trinajstić information content (AvgIpc) is 3.14. The number of carbonyl (C=O) groups is 3. The van der Waals surface area contributed by atoms with E-state index in [0.29, 0.717) is 15.5 Å². The number of carbonyl (C=O) groups excluding carboxylic acids is 2. The zero-order chi connectivity index (χ0) is 18.9. The lowest BCUT2D eigenvalue weighted by atomic mass is 9.96. The lowest BCUT2D eigenvalue weighted by Crippen LogP contribution is -2.28. The van der Waals surface area contributed by atoms with Gasteiger partial charge in [0.1, 0.15) is 4.88 Å². The summed E-state index contributed by atoms with van der Waals surface area (Å²) in [6.45, 7) is -0.445. The van der Waals surface area contributed by atoms with Gasteiger partial charge in [-0.05, 0) is 35.6 Å². The van der Waals surface area contributed by atoms with E-state index in [1.807, 2.05) is 0 Å². The van der Waals surface area contributed by atoms with Crippen LogP contribution in [0.3, 0.4) is 0 Å². The summed E-state index contributed by atoms with van der Waals surface area (Å²) in [4.78, 5) is 34.9. The predicted octanol–water partition coefficient (Wildman–Crippen LogP) is 3.50. The van der Waals surface area contributed by atoms with Crippen LogP contribution in [-0.4, -0.2) is 36.5 Å². The summed E-state index contributed by atoms with van der Waals surface area (Å²) < 4.78 is 9.51. The van der Waals surface area contributed by atoms with Crippen LogP contribution in [0.15, 0.2) is 41.8 Å². The van der Waals surface area contributed by atoms with Gasteiger partial charge in [-0.25, -0.2) is 9.59 Å². The molecule has 1 amide bonds. The van der Waals surface area contributed by atoms with Gasteiger partial charge in [0.05, 0.1) is 5.92 Å². The van der Waals surface area contributed by atoms with Gasteiger partial charge in [0, 0.05) is 11.6 Å². The summed E-state index contributed by atoms with van der Waals surface area (Å²) in [7, 11) is 0. The van der Waals surface area contributed by atoms with E-state index in [1.54, 1.807) is 41.8 Å². The molecule has 1 atom stereocenters. The smallest absolute Gasteiger partial charge is 0.410 e. The molecule has 0 spiro atoms. The van der Waals surface area contributed by atoms with Gasteiger partial charge in [-0.1, -0.05) is 29.8 Å². The van der Waals surface area contributed by atoms with E-state index in [4.69, 9.17) is 21.1 Å². The molecule has 0 saturated heterocycles. The van der Waals surface area contributed by atoms with Crippen LogP contribution < -0.4 is 5.32 Å². The van der Waals surface area contributed by atoms with E-state index in [2.05, 4.69) is 5.32 Å². The van der Waals surface area contributed by atoms with Crippen molar-refractivity contribution >= 4 is 41.0 Å². The molecule has 26 heavy (non-hydrogen) atoms. The fourth-order valence-electron chi connectivity index (χ4n) is 2.10. The van der Waals surface area contributed by atoms with Gasteiger partial charge in [-0.15, -0.1) is 11.3 Å². The molecule has 0 aliphatic heterocycles. The summed E-state index contributed by atoms with van der Waals surface area (Å²) in [5.74, 6) is -2.38. The minimum atomic E-state index is -1.01.